The van der Waals surface area contributed by atoms with Crippen LogP contribution in [0, 0.1) is 17.8 Å². The minimum atomic E-state index is 0.359. The van der Waals surface area contributed by atoms with Crippen molar-refractivity contribution in [2.75, 3.05) is 14.2 Å². The van der Waals surface area contributed by atoms with Crippen molar-refractivity contribution in [2.24, 2.45) is 17.8 Å². The molecule has 2 unspecified atom stereocenters. The van der Waals surface area contributed by atoms with Gasteiger partial charge in [0.25, 0.3) is 0 Å². The maximum absolute atomic E-state index is 5.84. The van der Waals surface area contributed by atoms with Gasteiger partial charge in [0.15, 0.2) is 0 Å². The molecule has 0 fully saturated rings. The lowest BCUT2D eigenvalue weighted by Crippen LogP contribution is -2.35. The number of hydrogen-bond acceptors (Lipinski definition) is 2. The zero-order valence-corrected chi connectivity index (χ0v) is 18.4. The number of rotatable bonds is 10. The van der Waals surface area contributed by atoms with Crippen LogP contribution in [0.4, 0.5) is 0 Å². The van der Waals surface area contributed by atoms with E-state index in [0.717, 1.165) is 24.5 Å². The molecule has 26 heavy (non-hydrogen) atoms. The fourth-order valence-corrected chi connectivity index (χ4v) is 3.81. The minimum Gasteiger partial charge on any atom is -0.497 e. The summed E-state index contributed by atoms with van der Waals surface area (Å²) in [5.41, 5.74) is 4.29. The summed E-state index contributed by atoms with van der Waals surface area (Å²) >= 11 is 0. The van der Waals surface area contributed by atoms with E-state index < -0.39 is 0 Å². The first-order valence-electron chi connectivity index (χ1n) is 10.4. The maximum Gasteiger partial charge on any atom is 0.121 e. The molecule has 0 amide bonds. The summed E-state index contributed by atoms with van der Waals surface area (Å²) in [6, 6.07) is 0.381. The van der Waals surface area contributed by atoms with E-state index in [9.17, 15) is 0 Å². The van der Waals surface area contributed by atoms with E-state index in [1.807, 2.05) is 14.2 Å². The highest BCUT2D eigenvalue weighted by Crippen LogP contribution is 2.36. The van der Waals surface area contributed by atoms with Gasteiger partial charge in [-0.25, -0.2) is 0 Å². The highest BCUT2D eigenvalue weighted by molar-refractivity contribution is 5.41. The van der Waals surface area contributed by atoms with Gasteiger partial charge in [0.1, 0.15) is 5.76 Å². The third-order valence-corrected chi connectivity index (χ3v) is 5.67. The summed E-state index contributed by atoms with van der Waals surface area (Å²) < 4.78 is 5.84. The molecule has 0 aliphatic heterocycles. The SMILES string of the molecule is C/C=C(\C/C=C/C(C)C1=C[C@H](NC)C(C)C(CC)=C1OC)CCC(C)C. The average molecular weight is 360 g/mol. The molecule has 1 aliphatic rings. The van der Waals surface area contributed by atoms with Gasteiger partial charge < -0.3 is 10.1 Å². The second kappa shape index (κ2) is 11.4. The van der Waals surface area contributed by atoms with E-state index in [-0.39, 0.29) is 0 Å². The van der Waals surface area contributed by atoms with Crippen molar-refractivity contribution in [1.82, 2.24) is 5.32 Å². The monoisotopic (exact) mass is 359 g/mol. The number of methoxy groups -OCH3 is 1. The van der Waals surface area contributed by atoms with Crippen molar-refractivity contribution >= 4 is 0 Å². The highest BCUT2D eigenvalue weighted by atomic mass is 16.5. The Kier molecular flexibility index (Phi) is 10.0. The fraction of sp³-hybridized carbons (Fsp3) is 0.667. The van der Waals surface area contributed by atoms with Crippen molar-refractivity contribution in [2.45, 2.75) is 73.3 Å². The van der Waals surface area contributed by atoms with Gasteiger partial charge in [0, 0.05) is 12.0 Å². The van der Waals surface area contributed by atoms with Crippen molar-refractivity contribution in [1.29, 1.82) is 0 Å². The molecule has 0 radical (unpaired) electrons. The number of ether oxygens (including phenoxy) is 1. The summed E-state index contributed by atoms with van der Waals surface area (Å²) in [7, 11) is 3.86. The van der Waals surface area contributed by atoms with Crippen molar-refractivity contribution in [3.63, 3.8) is 0 Å². The Morgan fingerprint density at radius 2 is 2.00 bits per heavy atom. The van der Waals surface area contributed by atoms with Crippen LogP contribution in [-0.4, -0.2) is 20.2 Å². The number of nitrogens with one attached hydrogen (secondary N) is 1. The van der Waals surface area contributed by atoms with E-state index >= 15 is 0 Å². The lowest BCUT2D eigenvalue weighted by atomic mass is 9.80. The normalized spacial score (nSPS) is 23.0. The molecule has 0 aromatic carbocycles. The molecule has 0 spiro atoms. The van der Waals surface area contributed by atoms with Gasteiger partial charge in [-0.1, -0.05) is 64.5 Å². The third-order valence-electron chi connectivity index (χ3n) is 5.67. The van der Waals surface area contributed by atoms with Crippen LogP contribution >= 0.6 is 0 Å². The number of likely N-dealkylation sites (N-methyl/N-ethyl adjacent to an activating group) is 1. The molecule has 0 saturated carbocycles. The summed E-state index contributed by atoms with van der Waals surface area (Å²) in [5, 5.41) is 3.46. The molecule has 0 heterocycles. The predicted octanol–water partition coefficient (Wildman–Crippen LogP) is 6.43. The van der Waals surface area contributed by atoms with E-state index in [0.29, 0.717) is 17.9 Å². The zero-order valence-electron chi connectivity index (χ0n) is 18.4. The van der Waals surface area contributed by atoms with E-state index in [2.05, 4.69) is 71.2 Å². The summed E-state index contributed by atoms with van der Waals surface area (Å²) in [5.74, 6) is 2.71. The highest BCUT2D eigenvalue weighted by Gasteiger charge is 2.29. The molecule has 0 aromatic heterocycles. The molecule has 1 rings (SSSR count). The molecule has 0 saturated heterocycles. The Balaban J connectivity index is 2.89. The topological polar surface area (TPSA) is 21.3 Å². The van der Waals surface area contributed by atoms with Gasteiger partial charge in [0.2, 0.25) is 0 Å². The molecule has 0 bridgehead atoms. The van der Waals surface area contributed by atoms with Crippen LogP contribution in [-0.2, 0) is 4.74 Å². The van der Waals surface area contributed by atoms with Gasteiger partial charge in [-0.2, -0.15) is 0 Å². The lowest BCUT2D eigenvalue weighted by Gasteiger charge is -2.33. The quantitative estimate of drug-likeness (QED) is 0.454. The Morgan fingerprint density at radius 1 is 1.31 bits per heavy atom. The van der Waals surface area contributed by atoms with Gasteiger partial charge in [-0.15, -0.1) is 0 Å². The maximum atomic E-state index is 5.84. The molecule has 148 valence electrons. The molecule has 2 nitrogen and oxygen atoms in total. The van der Waals surface area contributed by atoms with E-state index in [4.69, 9.17) is 4.74 Å². The Hall–Kier alpha value is -1.28. The van der Waals surface area contributed by atoms with Gasteiger partial charge >= 0.3 is 0 Å². The first-order valence-corrected chi connectivity index (χ1v) is 10.4. The third kappa shape index (κ3) is 6.16. The van der Waals surface area contributed by atoms with E-state index in [1.54, 1.807) is 5.57 Å². The van der Waals surface area contributed by atoms with Gasteiger partial charge in [-0.05, 0) is 62.6 Å². The van der Waals surface area contributed by atoms with Crippen LogP contribution in [0.3, 0.4) is 0 Å². The molecule has 1 aliphatic carbocycles. The molecule has 1 N–H and O–H groups in total. The largest absolute Gasteiger partial charge is 0.497 e. The van der Waals surface area contributed by atoms with Crippen molar-refractivity contribution < 1.29 is 4.74 Å². The van der Waals surface area contributed by atoms with Crippen molar-refractivity contribution in [3.8, 4) is 0 Å². The zero-order chi connectivity index (χ0) is 19.7. The summed E-state index contributed by atoms with van der Waals surface area (Å²) in [4.78, 5) is 0. The Morgan fingerprint density at radius 3 is 2.50 bits per heavy atom. The molecule has 3 atom stereocenters. The summed E-state index contributed by atoms with van der Waals surface area (Å²) in [6.45, 7) is 13.6. The predicted molar refractivity (Wildman–Crippen MR) is 115 cm³/mol. The first kappa shape index (κ1) is 22.8. The van der Waals surface area contributed by atoms with Crippen molar-refractivity contribution in [3.05, 3.63) is 46.8 Å². The van der Waals surface area contributed by atoms with Gasteiger partial charge in [0.05, 0.1) is 7.11 Å². The fourth-order valence-electron chi connectivity index (χ4n) is 3.81. The smallest absolute Gasteiger partial charge is 0.121 e. The molecular weight excluding hydrogens is 318 g/mol. The lowest BCUT2D eigenvalue weighted by molar-refractivity contribution is 0.275. The van der Waals surface area contributed by atoms with Crippen LogP contribution in [0.2, 0.25) is 0 Å². The Bertz CT molecular complexity index is 551. The van der Waals surface area contributed by atoms with Crippen LogP contribution in [0.1, 0.15) is 67.2 Å². The van der Waals surface area contributed by atoms with Gasteiger partial charge in [-0.3, -0.25) is 0 Å². The minimum absolute atomic E-state index is 0.359. The first-order chi connectivity index (χ1) is 12.4. The average Bonchev–Trinajstić information content (AvgIpc) is 2.63. The van der Waals surface area contributed by atoms with Crippen LogP contribution in [0.15, 0.2) is 46.8 Å². The van der Waals surface area contributed by atoms with Crippen LogP contribution < -0.4 is 5.32 Å². The second-order valence-electron chi connectivity index (χ2n) is 7.94. The molecule has 0 aromatic rings. The molecular formula is C24H41NO. The number of hydrogen-bond donors (Lipinski definition) is 1. The second-order valence-corrected chi connectivity index (χ2v) is 7.94. The summed E-state index contributed by atoms with van der Waals surface area (Å²) in [6.07, 6.45) is 13.9. The molecule has 2 heteroatoms. The Labute approximate surface area is 162 Å². The van der Waals surface area contributed by atoms with Crippen LogP contribution in [0.5, 0.6) is 0 Å². The number of allylic oxidation sites excluding steroid dienone is 5. The standard InChI is InChI=1S/C24H41NO/c1-9-20(15-14-17(3)4)13-11-12-18(5)22-16-23(25-7)19(6)21(10-2)24(22)26-8/h9,11-12,16-19,23,25H,10,13-15H2,1-8H3/b12-11+,20-9+/t18?,19?,23-/m0/s1. The van der Waals surface area contributed by atoms with E-state index in [1.165, 1.54) is 24.0 Å². The van der Waals surface area contributed by atoms with Crippen LogP contribution in [0.25, 0.3) is 0 Å².